The van der Waals surface area contributed by atoms with Crippen LogP contribution < -0.4 is 0 Å². The number of carbonyl (C=O) groups excluding carboxylic acids is 1. The van der Waals surface area contributed by atoms with Crippen molar-refractivity contribution in [2.24, 2.45) is 5.92 Å². The molecule has 1 rings (SSSR count). The van der Waals surface area contributed by atoms with E-state index in [-0.39, 0.29) is 18.0 Å². The Hall–Kier alpha value is -1.31. The molecule has 0 N–H and O–H groups in total. The maximum atomic E-state index is 13.2. The predicted octanol–water partition coefficient (Wildman–Crippen LogP) is 9.58. The van der Waals surface area contributed by atoms with E-state index in [9.17, 15) is 4.79 Å². The van der Waals surface area contributed by atoms with Crippen LogP contribution in [-0.4, -0.2) is 5.97 Å². The summed E-state index contributed by atoms with van der Waals surface area (Å²) in [6, 6.07) is 10.3. The van der Waals surface area contributed by atoms with Crippen LogP contribution >= 0.6 is 0 Å². The van der Waals surface area contributed by atoms with E-state index in [2.05, 4.69) is 32.9 Å². The number of rotatable bonds is 20. The minimum absolute atomic E-state index is 0.0482. The average Bonchev–Trinajstić information content (AvgIpc) is 2.80. The summed E-state index contributed by atoms with van der Waals surface area (Å²) >= 11 is 0. The van der Waals surface area contributed by atoms with Gasteiger partial charge in [-0.3, -0.25) is 4.79 Å². The van der Waals surface area contributed by atoms with Crippen LogP contribution in [-0.2, 0) is 9.53 Å². The molecule has 0 aliphatic heterocycles. The third-order valence-electron chi connectivity index (χ3n) is 6.40. The second kappa shape index (κ2) is 19.4. The topological polar surface area (TPSA) is 26.3 Å². The SMILES string of the molecule is CCCCCCCCC(CCCCCCCC)C(=O)OC(CCCC)c1ccccc1. The lowest BCUT2D eigenvalue weighted by Gasteiger charge is -2.22. The highest BCUT2D eigenvalue weighted by Gasteiger charge is 2.24. The van der Waals surface area contributed by atoms with Gasteiger partial charge in [0.1, 0.15) is 6.10 Å². The van der Waals surface area contributed by atoms with Crippen molar-refractivity contribution < 1.29 is 9.53 Å². The number of esters is 1. The Bertz CT molecular complexity index is 509. The van der Waals surface area contributed by atoms with Gasteiger partial charge >= 0.3 is 5.97 Å². The van der Waals surface area contributed by atoms with Crippen molar-refractivity contribution >= 4 is 5.97 Å². The molecule has 0 fully saturated rings. The molecule has 0 saturated heterocycles. The van der Waals surface area contributed by atoms with Gasteiger partial charge in [0, 0.05) is 0 Å². The van der Waals surface area contributed by atoms with Crippen LogP contribution in [0.2, 0.25) is 0 Å². The van der Waals surface area contributed by atoms with E-state index in [4.69, 9.17) is 4.74 Å². The Balaban J connectivity index is 2.60. The third-order valence-corrected chi connectivity index (χ3v) is 6.40. The molecule has 0 heterocycles. The zero-order chi connectivity index (χ0) is 22.6. The van der Waals surface area contributed by atoms with Crippen molar-refractivity contribution in [3.63, 3.8) is 0 Å². The summed E-state index contributed by atoms with van der Waals surface area (Å²) in [7, 11) is 0. The highest BCUT2D eigenvalue weighted by molar-refractivity contribution is 5.72. The second-order valence-electron chi connectivity index (χ2n) is 9.29. The smallest absolute Gasteiger partial charge is 0.309 e. The fourth-order valence-electron chi connectivity index (χ4n) is 4.31. The minimum Gasteiger partial charge on any atom is -0.457 e. The normalized spacial score (nSPS) is 12.3. The molecule has 31 heavy (non-hydrogen) atoms. The summed E-state index contributed by atoms with van der Waals surface area (Å²) in [5, 5.41) is 0. The highest BCUT2D eigenvalue weighted by Crippen LogP contribution is 2.28. The van der Waals surface area contributed by atoms with Gasteiger partial charge in [0.15, 0.2) is 0 Å². The third kappa shape index (κ3) is 13.7. The van der Waals surface area contributed by atoms with Crippen LogP contribution in [0.4, 0.5) is 0 Å². The molecule has 2 nitrogen and oxygen atoms in total. The van der Waals surface area contributed by atoms with E-state index in [1.807, 2.05) is 18.2 Å². The molecular weight excluding hydrogens is 380 g/mol. The van der Waals surface area contributed by atoms with E-state index < -0.39 is 0 Å². The molecule has 1 unspecified atom stereocenters. The summed E-state index contributed by atoms with van der Waals surface area (Å²) in [5.41, 5.74) is 1.14. The number of unbranched alkanes of at least 4 members (excludes halogenated alkanes) is 11. The van der Waals surface area contributed by atoms with Crippen molar-refractivity contribution in [2.45, 2.75) is 136 Å². The van der Waals surface area contributed by atoms with Crippen molar-refractivity contribution in [1.29, 1.82) is 0 Å². The van der Waals surface area contributed by atoms with E-state index in [0.717, 1.165) is 50.5 Å². The zero-order valence-corrected chi connectivity index (χ0v) is 20.9. The van der Waals surface area contributed by atoms with E-state index in [1.54, 1.807) is 0 Å². The number of carbonyl (C=O) groups is 1. The first-order valence-electron chi connectivity index (χ1n) is 13.5. The fraction of sp³-hybridized carbons (Fsp3) is 0.759. The molecule has 0 radical (unpaired) electrons. The molecule has 2 heteroatoms. The maximum absolute atomic E-state index is 13.2. The molecule has 1 aromatic rings. The van der Waals surface area contributed by atoms with Crippen LogP contribution in [0, 0.1) is 5.92 Å². The van der Waals surface area contributed by atoms with Crippen LogP contribution in [0.3, 0.4) is 0 Å². The minimum atomic E-state index is -0.0924. The van der Waals surface area contributed by atoms with Gasteiger partial charge in [0.25, 0.3) is 0 Å². The quantitative estimate of drug-likeness (QED) is 0.152. The molecule has 178 valence electrons. The molecule has 0 aliphatic rings. The molecular formula is C29H50O2. The lowest BCUT2D eigenvalue weighted by atomic mass is 9.94. The predicted molar refractivity (Wildman–Crippen MR) is 134 cm³/mol. The van der Waals surface area contributed by atoms with Gasteiger partial charge in [-0.2, -0.15) is 0 Å². The zero-order valence-electron chi connectivity index (χ0n) is 20.9. The van der Waals surface area contributed by atoms with Crippen molar-refractivity contribution in [3.8, 4) is 0 Å². The first kappa shape index (κ1) is 27.7. The molecule has 0 aromatic heterocycles. The molecule has 0 spiro atoms. The van der Waals surface area contributed by atoms with Crippen molar-refractivity contribution in [1.82, 2.24) is 0 Å². The molecule has 1 atom stereocenters. The Labute approximate surface area is 193 Å². The van der Waals surface area contributed by atoms with Gasteiger partial charge in [-0.25, -0.2) is 0 Å². The van der Waals surface area contributed by atoms with Crippen LogP contribution in [0.15, 0.2) is 30.3 Å². The molecule has 0 bridgehead atoms. The Morgan fingerprint density at radius 1 is 0.645 bits per heavy atom. The summed E-state index contributed by atoms with van der Waals surface area (Å²) in [5.74, 6) is 0.122. The van der Waals surface area contributed by atoms with Crippen molar-refractivity contribution in [2.75, 3.05) is 0 Å². The van der Waals surface area contributed by atoms with E-state index in [0.29, 0.717) is 0 Å². The lowest BCUT2D eigenvalue weighted by Crippen LogP contribution is -2.21. The van der Waals surface area contributed by atoms with Gasteiger partial charge in [-0.05, 0) is 31.2 Å². The molecule has 0 amide bonds. The van der Waals surface area contributed by atoms with E-state index >= 15 is 0 Å². The summed E-state index contributed by atoms with van der Waals surface area (Å²) in [6.45, 7) is 6.71. The number of hydrogen-bond acceptors (Lipinski definition) is 2. The Morgan fingerprint density at radius 3 is 1.65 bits per heavy atom. The number of ether oxygens (including phenoxy) is 1. The van der Waals surface area contributed by atoms with Crippen LogP contribution in [0.1, 0.15) is 142 Å². The Kier molecular flexibility index (Phi) is 17.3. The number of hydrogen-bond donors (Lipinski definition) is 0. The van der Waals surface area contributed by atoms with Gasteiger partial charge in [0.05, 0.1) is 5.92 Å². The molecule has 1 aromatic carbocycles. The fourth-order valence-corrected chi connectivity index (χ4v) is 4.31. The standard InChI is InChI=1S/C29H50O2/c1-4-7-10-12-14-17-23-27(24-18-15-13-11-8-5-2)29(30)31-28(25-9-6-3)26-21-19-16-20-22-26/h16,19-22,27-28H,4-15,17-18,23-25H2,1-3H3. The Morgan fingerprint density at radius 2 is 1.13 bits per heavy atom. The first-order valence-corrected chi connectivity index (χ1v) is 13.5. The second-order valence-corrected chi connectivity index (χ2v) is 9.29. The summed E-state index contributed by atoms with van der Waals surface area (Å²) in [4.78, 5) is 13.2. The number of benzene rings is 1. The molecule has 0 aliphatic carbocycles. The first-order chi connectivity index (χ1) is 15.2. The van der Waals surface area contributed by atoms with Gasteiger partial charge in [0.2, 0.25) is 0 Å². The monoisotopic (exact) mass is 430 g/mol. The lowest BCUT2D eigenvalue weighted by molar-refractivity contribution is -0.155. The molecule has 0 saturated carbocycles. The van der Waals surface area contributed by atoms with Crippen LogP contribution in [0.5, 0.6) is 0 Å². The van der Waals surface area contributed by atoms with Crippen molar-refractivity contribution in [3.05, 3.63) is 35.9 Å². The largest absolute Gasteiger partial charge is 0.457 e. The summed E-state index contributed by atoms with van der Waals surface area (Å²) < 4.78 is 6.15. The summed E-state index contributed by atoms with van der Waals surface area (Å²) in [6.07, 6.45) is 20.3. The van der Waals surface area contributed by atoms with Gasteiger partial charge in [-0.15, -0.1) is 0 Å². The van der Waals surface area contributed by atoms with E-state index in [1.165, 1.54) is 64.2 Å². The maximum Gasteiger partial charge on any atom is 0.309 e. The average molecular weight is 431 g/mol. The van der Waals surface area contributed by atoms with Crippen LogP contribution in [0.25, 0.3) is 0 Å². The van der Waals surface area contributed by atoms with Gasteiger partial charge in [-0.1, -0.05) is 135 Å². The highest BCUT2D eigenvalue weighted by atomic mass is 16.5. The van der Waals surface area contributed by atoms with Gasteiger partial charge < -0.3 is 4.74 Å².